The first-order chi connectivity index (χ1) is 16.8. The quantitative estimate of drug-likeness (QED) is 0.402. The lowest BCUT2D eigenvalue weighted by atomic mass is 10.1. The molecule has 0 bridgehead atoms. The molecule has 2 aromatic carbocycles. The Morgan fingerprint density at radius 3 is 2.14 bits per heavy atom. The van der Waals surface area contributed by atoms with Gasteiger partial charge in [0.05, 0.1) is 18.2 Å². The van der Waals surface area contributed by atoms with E-state index in [0.29, 0.717) is 23.3 Å². The van der Waals surface area contributed by atoms with Crippen LogP contribution >= 0.6 is 11.6 Å². The summed E-state index contributed by atoms with van der Waals surface area (Å²) in [7, 11) is 0. The summed E-state index contributed by atoms with van der Waals surface area (Å²) < 4.78 is 55.9. The van der Waals surface area contributed by atoms with E-state index in [1.807, 2.05) is 0 Å². The van der Waals surface area contributed by atoms with E-state index in [9.17, 15) is 18.7 Å². The maximum Gasteiger partial charge on any atom is 0.378 e. The minimum absolute atomic E-state index is 0.0533. The highest BCUT2D eigenvalue weighted by Gasteiger charge is 2.37. The van der Waals surface area contributed by atoms with E-state index >= 15 is 0 Å². The third-order valence-corrected chi connectivity index (χ3v) is 5.32. The summed E-state index contributed by atoms with van der Waals surface area (Å²) in [6.07, 6.45) is -0.812. The Balaban J connectivity index is 1.80. The molecular formula is C25H27ClF2O7. The van der Waals surface area contributed by atoms with Gasteiger partial charge in [-0.15, -0.1) is 0 Å². The minimum Gasteiger partial charge on any atom is -0.491 e. The molecule has 1 N–H and O–H groups in total. The molecule has 0 aromatic heterocycles. The molecule has 0 aliphatic carbocycles. The lowest BCUT2D eigenvalue weighted by molar-refractivity contribution is -0.143. The van der Waals surface area contributed by atoms with Gasteiger partial charge in [-0.05, 0) is 61.7 Å². The number of hydrogen-bond acceptors (Lipinski definition) is 7. The predicted molar refractivity (Wildman–Crippen MR) is 123 cm³/mol. The van der Waals surface area contributed by atoms with Crippen LogP contribution in [0.4, 0.5) is 8.78 Å². The molecule has 0 amide bonds. The van der Waals surface area contributed by atoms with E-state index in [2.05, 4.69) is 0 Å². The molecule has 1 atom stereocenters. The van der Waals surface area contributed by atoms with Crippen molar-refractivity contribution in [3.05, 3.63) is 69.1 Å². The highest BCUT2D eigenvalue weighted by atomic mass is 35.5. The van der Waals surface area contributed by atoms with Crippen LogP contribution in [0.1, 0.15) is 37.0 Å². The summed E-state index contributed by atoms with van der Waals surface area (Å²) in [5.74, 6) is -2.03. The van der Waals surface area contributed by atoms with E-state index in [-0.39, 0.29) is 60.9 Å². The second-order valence-corrected chi connectivity index (χ2v) is 8.06. The molecule has 1 unspecified atom stereocenters. The number of cyclic esters (lactones) is 1. The van der Waals surface area contributed by atoms with Crippen molar-refractivity contribution in [1.82, 2.24) is 0 Å². The molecule has 1 heterocycles. The van der Waals surface area contributed by atoms with Crippen molar-refractivity contribution in [2.45, 2.75) is 46.5 Å². The standard InChI is InChI=1S/C25H27ClF2O7/c1-4-31-21-14(3)8-15(10-18(21)27)12-34-24-23(20(6-7-29)35-25(24)30)33-13-16-9-17(26)22(32-5-2)19(28)11-16/h8-11,20,29H,4-7,12-13H2,1-3H3. The first kappa shape index (κ1) is 26.6. The van der Waals surface area contributed by atoms with Crippen LogP contribution < -0.4 is 9.47 Å². The average Bonchev–Trinajstić information content (AvgIpc) is 3.10. The third kappa shape index (κ3) is 6.35. The van der Waals surface area contributed by atoms with Crippen LogP contribution in [0, 0.1) is 18.6 Å². The minimum atomic E-state index is -0.885. The maximum atomic E-state index is 14.4. The van der Waals surface area contributed by atoms with Crippen molar-refractivity contribution >= 4 is 17.6 Å². The Morgan fingerprint density at radius 1 is 0.943 bits per heavy atom. The van der Waals surface area contributed by atoms with Crippen molar-refractivity contribution in [3.63, 3.8) is 0 Å². The fraction of sp³-hybridized carbons (Fsp3) is 0.400. The van der Waals surface area contributed by atoms with Crippen LogP contribution in [-0.2, 0) is 32.2 Å². The van der Waals surface area contributed by atoms with Crippen LogP contribution in [0.25, 0.3) is 0 Å². The molecule has 190 valence electrons. The summed E-state index contributed by atoms with van der Waals surface area (Å²) in [4.78, 5) is 12.4. The molecule has 35 heavy (non-hydrogen) atoms. The first-order valence-electron chi connectivity index (χ1n) is 11.1. The van der Waals surface area contributed by atoms with E-state index in [4.69, 9.17) is 35.3 Å². The van der Waals surface area contributed by atoms with Gasteiger partial charge in [-0.1, -0.05) is 11.6 Å². The zero-order chi connectivity index (χ0) is 25.5. The Kier molecular flexibility index (Phi) is 9.17. The van der Waals surface area contributed by atoms with Crippen LogP contribution in [0.2, 0.25) is 5.02 Å². The topological polar surface area (TPSA) is 83.5 Å². The molecule has 0 spiro atoms. The number of aryl methyl sites for hydroxylation is 1. The Hall–Kier alpha value is -3.04. The highest BCUT2D eigenvalue weighted by Crippen LogP contribution is 2.32. The number of rotatable bonds is 12. The monoisotopic (exact) mass is 512 g/mol. The first-order valence-corrected chi connectivity index (χ1v) is 11.5. The van der Waals surface area contributed by atoms with Gasteiger partial charge >= 0.3 is 5.97 Å². The summed E-state index contributed by atoms with van der Waals surface area (Å²) in [6, 6.07) is 5.64. The van der Waals surface area contributed by atoms with Gasteiger partial charge in [0.1, 0.15) is 13.2 Å². The third-order valence-electron chi connectivity index (χ3n) is 5.04. The highest BCUT2D eigenvalue weighted by molar-refractivity contribution is 6.32. The number of aliphatic hydroxyl groups excluding tert-OH is 1. The van der Waals surface area contributed by atoms with Crippen LogP contribution in [0.15, 0.2) is 35.8 Å². The number of hydrogen-bond donors (Lipinski definition) is 1. The summed E-state index contributed by atoms with van der Waals surface area (Å²) >= 11 is 6.10. The zero-order valence-electron chi connectivity index (χ0n) is 19.7. The van der Waals surface area contributed by atoms with Gasteiger partial charge in [-0.25, -0.2) is 13.6 Å². The lowest BCUT2D eigenvalue weighted by Crippen LogP contribution is -2.15. The van der Waals surface area contributed by atoms with Crippen molar-refractivity contribution in [2.75, 3.05) is 19.8 Å². The van der Waals surface area contributed by atoms with Gasteiger partial charge in [-0.2, -0.15) is 0 Å². The number of aliphatic hydroxyl groups is 1. The summed E-state index contributed by atoms with van der Waals surface area (Å²) in [5, 5.41) is 9.43. The largest absolute Gasteiger partial charge is 0.491 e. The molecule has 7 nitrogen and oxygen atoms in total. The van der Waals surface area contributed by atoms with Crippen molar-refractivity contribution in [3.8, 4) is 11.5 Å². The van der Waals surface area contributed by atoms with Gasteiger partial charge in [0.15, 0.2) is 35.0 Å². The molecule has 0 radical (unpaired) electrons. The van der Waals surface area contributed by atoms with Gasteiger partial charge in [-0.3, -0.25) is 0 Å². The average molecular weight is 513 g/mol. The molecule has 0 fully saturated rings. The lowest BCUT2D eigenvalue weighted by Gasteiger charge is -2.15. The van der Waals surface area contributed by atoms with Crippen LogP contribution in [-0.4, -0.2) is 37.0 Å². The van der Waals surface area contributed by atoms with Crippen molar-refractivity contribution < 1.29 is 42.4 Å². The smallest absolute Gasteiger partial charge is 0.378 e. The number of carbonyl (C=O) groups excluding carboxylic acids is 1. The fourth-order valence-electron chi connectivity index (χ4n) is 3.59. The number of esters is 1. The van der Waals surface area contributed by atoms with Gasteiger partial charge in [0, 0.05) is 13.0 Å². The molecule has 3 rings (SSSR count). The maximum absolute atomic E-state index is 14.4. The summed E-state index contributed by atoms with van der Waals surface area (Å²) in [5.41, 5.74) is 1.43. The zero-order valence-corrected chi connectivity index (χ0v) is 20.4. The number of halogens is 3. The van der Waals surface area contributed by atoms with E-state index < -0.39 is 23.7 Å². The van der Waals surface area contributed by atoms with E-state index in [1.165, 1.54) is 18.2 Å². The molecular weight excluding hydrogens is 486 g/mol. The van der Waals surface area contributed by atoms with E-state index in [0.717, 1.165) is 0 Å². The normalized spacial score (nSPS) is 15.3. The Bertz CT molecular complexity index is 1060. The van der Waals surface area contributed by atoms with Crippen molar-refractivity contribution in [1.29, 1.82) is 0 Å². The molecule has 0 saturated carbocycles. The Morgan fingerprint density at radius 2 is 1.54 bits per heavy atom. The molecule has 1 aliphatic heterocycles. The summed E-state index contributed by atoms with van der Waals surface area (Å²) in [6.45, 7) is 5.18. The predicted octanol–water partition coefficient (Wildman–Crippen LogP) is 4.98. The molecule has 2 aromatic rings. The number of benzene rings is 2. The number of ether oxygens (including phenoxy) is 5. The second kappa shape index (κ2) is 12.1. The van der Waals surface area contributed by atoms with Crippen LogP contribution in [0.5, 0.6) is 11.5 Å². The Labute approximate surface area is 207 Å². The SMILES string of the molecule is CCOc1c(C)cc(COC2=C(OCc3cc(F)c(OCC)c(Cl)c3)C(CCO)OC2=O)cc1F. The molecule has 1 aliphatic rings. The van der Waals surface area contributed by atoms with E-state index in [1.54, 1.807) is 26.8 Å². The van der Waals surface area contributed by atoms with Gasteiger partial charge < -0.3 is 28.8 Å². The van der Waals surface area contributed by atoms with Gasteiger partial charge in [0.2, 0.25) is 5.76 Å². The van der Waals surface area contributed by atoms with Crippen molar-refractivity contribution in [2.24, 2.45) is 0 Å². The molecule has 0 saturated heterocycles. The van der Waals surface area contributed by atoms with Crippen LogP contribution in [0.3, 0.4) is 0 Å². The molecule has 10 heteroatoms. The second-order valence-electron chi connectivity index (χ2n) is 7.66. The fourth-order valence-corrected chi connectivity index (χ4v) is 3.87. The number of carbonyl (C=O) groups is 1. The van der Waals surface area contributed by atoms with Gasteiger partial charge in [0.25, 0.3) is 0 Å².